The lowest BCUT2D eigenvalue weighted by Crippen LogP contribution is -2.36. The molecule has 0 saturated heterocycles. The minimum absolute atomic E-state index is 0.0644. The van der Waals surface area contributed by atoms with E-state index in [4.69, 9.17) is 34.8 Å². The second-order valence-corrected chi connectivity index (χ2v) is 10.5. The van der Waals surface area contributed by atoms with Crippen LogP contribution in [0.4, 0.5) is 0 Å². The standard InChI is InChI=1S/C17H16Cl3NO4S2/c1-25-15(22)11-26-13-9-7-12(8-10-13)16(17(18,19)20)21-27(23,24)14-5-3-2-4-6-14/h2-10,16,21H,11H2,1H3. The number of sulfonamides is 1. The molecule has 1 atom stereocenters. The van der Waals surface area contributed by atoms with Crippen molar-refractivity contribution in [3.8, 4) is 0 Å². The van der Waals surface area contributed by atoms with Gasteiger partial charge in [0, 0.05) is 4.90 Å². The molecule has 0 bridgehead atoms. The quantitative estimate of drug-likeness (QED) is 0.372. The number of rotatable bonds is 7. The number of carbonyl (C=O) groups excluding carboxylic acids is 1. The number of nitrogens with one attached hydrogen (secondary N) is 1. The summed E-state index contributed by atoms with van der Waals surface area (Å²) in [5.41, 5.74) is 0.469. The van der Waals surface area contributed by atoms with Crippen LogP contribution in [0.1, 0.15) is 11.6 Å². The van der Waals surface area contributed by atoms with E-state index in [1.807, 2.05) is 0 Å². The average Bonchev–Trinajstić information content (AvgIpc) is 2.64. The molecule has 0 aliphatic carbocycles. The van der Waals surface area contributed by atoms with Crippen molar-refractivity contribution in [1.29, 1.82) is 0 Å². The molecule has 2 aromatic rings. The third kappa shape index (κ3) is 6.55. The number of benzene rings is 2. The van der Waals surface area contributed by atoms with Gasteiger partial charge in [-0.25, -0.2) is 8.42 Å². The van der Waals surface area contributed by atoms with Crippen LogP contribution >= 0.6 is 46.6 Å². The number of carbonyl (C=O) groups is 1. The number of ether oxygens (including phenoxy) is 1. The zero-order chi connectivity index (χ0) is 20.1. The van der Waals surface area contributed by atoms with Crippen molar-refractivity contribution in [1.82, 2.24) is 4.72 Å². The predicted octanol–water partition coefficient (Wildman–Crippen LogP) is 4.34. The fourth-order valence-electron chi connectivity index (χ4n) is 2.10. The van der Waals surface area contributed by atoms with E-state index in [1.165, 1.54) is 31.0 Å². The molecule has 27 heavy (non-hydrogen) atoms. The van der Waals surface area contributed by atoms with Gasteiger partial charge in [-0.2, -0.15) is 4.72 Å². The van der Waals surface area contributed by atoms with Gasteiger partial charge in [0.05, 0.1) is 23.8 Å². The van der Waals surface area contributed by atoms with E-state index in [1.54, 1.807) is 42.5 Å². The lowest BCUT2D eigenvalue weighted by Gasteiger charge is -2.26. The molecule has 1 unspecified atom stereocenters. The van der Waals surface area contributed by atoms with Crippen molar-refractivity contribution in [2.75, 3.05) is 12.9 Å². The molecule has 0 aliphatic rings. The Kier molecular flexibility index (Phi) is 7.85. The Morgan fingerprint density at radius 2 is 1.70 bits per heavy atom. The molecule has 146 valence electrons. The summed E-state index contributed by atoms with van der Waals surface area (Å²) in [6, 6.07) is 13.4. The lowest BCUT2D eigenvalue weighted by molar-refractivity contribution is -0.137. The predicted molar refractivity (Wildman–Crippen MR) is 109 cm³/mol. The number of alkyl halides is 3. The molecule has 0 aliphatic heterocycles. The molecular weight excluding hydrogens is 453 g/mol. The molecule has 1 N–H and O–H groups in total. The smallest absolute Gasteiger partial charge is 0.315 e. The Labute approximate surface area is 177 Å². The van der Waals surface area contributed by atoms with Crippen molar-refractivity contribution in [3.63, 3.8) is 0 Å². The second kappa shape index (κ2) is 9.49. The zero-order valence-electron chi connectivity index (χ0n) is 14.1. The van der Waals surface area contributed by atoms with E-state index < -0.39 is 19.9 Å². The third-order valence-corrected chi connectivity index (χ3v) is 6.53. The van der Waals surface area contributed by atoms with Gasteiger partial charge in [0.15, 0.2) is 0 Å². The highest BCUT2D eigenvalue weighted by Gasteiger charge is 2.37. The third-order valence-electron chi connectivity index (χ3n) is 3.45. The summed E-state index contributed by atoms with van der Waals surface area (Å²) in [5.74, 6) is -0.191. The van der Waals surface area contributed by atoms with Gasteiger partial charge in [-0.15, -0.1) is 11.8 Å². The number of esters is 1. The number of hydrogen-bond acceptors (Lipinski definition) is 5. The van der Waals surface area contributed by atoms with Gasteiger partial charge in [0.2, 0.25) is 13.8 Å². The van der Waals surface area contributed by atoms with Gasteiger partial charge < -0.3 is 4.74 Å². The summed E-state index contributed by atoms with van der Waals surface area (Å²) >= 11 is 19.4. The maximum Gasteiger partial charge on any atom is 0.315 e. The van der Waals surface area contributed by atoms with Gasteiger partial charge in [-0.05, 0) is 29.8 Å². The van der Waals surface area contributed by atoms with Crippen LogP contribution in [0, 0.1) is 0 Å². The molecule has 0 amide bonds. The Hall–Kier alpha value is -0.960. The molecule has 0 saturated carbocycles. The SMILES string of the molecule is COC(=O)CSc1ccc(C(NS(=O)(=O)c2ccccc2)C(Cl)(Cl)Cl)cc1. The fourth-order valence-corrected chi connectivity index (χ4v) is 4.85. The molecule has 5 nitrogen and oxygen atoms in total. The molecule has 0 radical (unpaired) electrons. The number of halogens is 3. The van der Waals surface area contributed by atoms with Crippen molar-refractivity contribution in [2.24, 2.45) is 0 Å². The minimum Gasteiger partial charge on any atom is -0.468 e. The minimum atomic E-state index is -3.90. The first-order valence-corrected chi connectivity index (χ1v) is 11.2. The Morgan fingerprint density at radius 1 is 1.11 bits per heavy atom. The van der Waals surface area contributed by atoms with Crippen LogP contribution in [0.15, 0.2) is 64.4 Å². The van der Waals surface area contributed by atoms with Crippen molar-refractivity contribution < 1.29 is 17.9 Å². The molecular formula is C17H16Cl3NO4S2. The molecule has 0 spiro atoms. The van der Waals surface area contributed by atoms with E-state index >= 15 is 0 Å². The van der Waals surface area contributed by atoms with E-state index in [9.17, 15) is 13.2 Å². The molecule has 2 rings (SSSR count). The maximum atomic E-state index is 12.6. The summed E-state index contributed by atoms with van der Waals surface area (Å²) in [7, 11) is -2.58. The maximum absolute atomic E-state index is 12.6. The molecule has 0 fully saturated rings. The summed E-state index contributed by atoms with van der Waals surface area (Å²) in [4.78, 5) is 12.1. The van der Waals surface area contributed by atoms with Gasteiger partial charge in [-0.3, -0.25) is 4.79 Å². The number of thioether (sulfide) groups is 1. The highest BCUT2D eigenvalue weighted by atomic mass is 35.6. The van der Waals surface area contributed by atoms with Crippen LogP contribution in [-0.2, 0) is 19.6 Å². The van der Waals surface area contributed by atoms with Crippen molar-refractivity contribution in [3.05, 3.63) is 60.2 Å². The topological polar surface area (TPSA) is 72.5 Å². The van der Waals surface area contributed by atoms with Crippen LogP contribution in [0.2, 0.25) is 0 Å². The van der Waals surface area contributed by atoms with E-state index in [-0.39, 0.29) is 16.6 Å². The molecule has 0 aromatic heterocycles. The van der Waals surface area contributed by atoms with E-state index in [0.29, 0.717) is 5.56 Å². The van der Waals surface area contributed by atoms with Gasteiger partial charge in [0.25, 0.3) is 0 Å². The Balaban J connectivity index is 2.23. The zero-order valence-corrected chi connectivity index (χ0v) is 18.0. The first-order chi connectivity index (χ1) is 12.6. The Bertz CT molecular complexity index is 869. The van der Waals surface area contributed by atoms with Crippen molar-refractivity contribution in [2.45, 2.75) is 19.6 Å². The summed E-state index contributed by atoms with van der Waals surface area (Å²) in [6.45, 7) is 0. The highest BCUT2D eigenvalue weighted by Crippen LogP contribution is 2.41. The monoisotopic (exact) mass is 467 g/mol. The second-order valence-electron chi connectivity index (χ2n) is 5.34. The van der Waals surface area contributed by atoms with Crippen LogP contribution in [0.25, 0.3) is 0 Å². The van der Waals surface area contributed by atoms with E-state index in [2.05, 4.69) is 9.46 Å². The van der Waals surface area contributed by atoms with E-state index in [0.717, 1.165) is 4.90 Å². The average molecular weight is 469 g/mol. The highest BCUT2D eigenvalue weighted by molar-refractivity contribution is 8.00. The largest absolute Gasteiger partial charge is 0.468 e. The fraction of sp³-hybridized carbons (Fsp3) is 0.235. The summed E-state index contributed by atoms with van der Waals surface area (Å²) in [5, 5.41) is 0. The van der Waals surface area contributed by atoms with Crippen molar-refractivity contribution >= 4 is 62.6 Å². The summed E-state index contributed by atoms with van der Waals surface area (Å²) < 4.78 is 30.3. The van der Waals surface area contributed by atoms with Gasteiger partial charge >= 0.3 is 5.97 Å². The summed E-state index contributed by atoms with van der Waals surface area (Å²) in [6.07, 6.45) is 0. The molecule has 2 aromatic carbocycles. The molecule has 0 heterocycles. The van der Waals surface area contributed by atoms with Gasteiger partial charge in [-0.1, -0.05) is 65.1 Å². The number of hydrogen-bond donors (Lipinski definition) is 1. The first kappa shape index (κ1) is 22.3. The number of methoxy groups -OCH3 is 1. The normalized spacial score (nSPS) is 13.2. The first-order valence-electron chi connectivity index (χ1n) is 7.57. The lowest BCUT2D eigenvalue weighted by atomic mass is 10.1. The van der Waals surface area contributed by atoms with Crippen LogP contribution < -0.4 is 4.72 Å². The Morgan fingerprint density at radius 3 is 2.22 bits per heavy atom. The van der Waals surface area contributed by atoms with Crippen LogP contribution in [0.3, 0.4) is 0 Å². The molecule has 10 heteroatoms. The van der Waals surface area contributed by atoms with Crippen LogP contribution in [0.5, 0.6) is 0 Å². The van der Waals surface area contributed by atoms with Gasteiger partial charge in [0.1, 0.15) is 0 Å². The van der Waals surface area contributed by atoms with Crippen LogP contribution in [-0.4, -0.2) is 31.0 Å².